The monoisotopic (exact) mass is 317 g/mol. The third kappa shape index (κ3) is 3.08. The highest BCUT2D eigenvalue weighted by molar-refractivity contribution is 5.86. The zero-order chi connectivity index (χ0) is 16.4. The van der Waals surface area contributed by atoms with Gasteiger partial charge in [-0.15, -0.1) is 0 Å². The van der Waals surface area contributed by atoms with Crippen LogP contribution in [0.5, 0.6) is 0 Å². The first-order valence-electron chi connectivity index (χ1n) is 8.73. The molecule has 2 heteroatoms. The second-order valence-corrected chi connectivity index (χ2v) is 6.75. The fourth-order valence-corrected chi connectivity index (χ4v) is 3.87. The smallest absolute Gasteiger partial charge is 0.0633 e. The maximum absolute atomic E-state index is 10.6. The summed E-state index contributed by atoms with van der Waals surface area (Å²) >= 11 is 0. The minimum Gasteiger partial charge on any atom is -0.392 e. The quantitative estimate of drug-likeness (QED) is 0.783. The van der Waals surface area contributed by atoms with Gasteiger partial charge in [0.1, 0.15) is 0 Å². The third-order valence-electron chi connectivity index (χ3n) is 5.13. The second kappa shape index (κ2) is 6.76. The van der Waals surface area contributed by atoms with E-state index in [9.17, 15) is 5.11 Å². The van der Waals surface area contributed by atoms with Crippen LogP contribution in [0.3, 0.4) is 0 Å². The molecule has 122 valence electrons. The number of nitrogens with zero attached hydrogens (tertiary/aromatic N) is 1. The van der Waals surface area contributed by atoms with Crippen LogP contribution in [-0.2, 0) is 6.54 Å². The summed E-state index contributed by atoms with van der Waals surface area (Å²) in [4.78, 5) is 2.47. The van der Waals surface area contributed by atoms with Crippen molar-refractivity contribution in [3.8, 4) is 0 Å². The van der Waals surface area contributed by atoms with Crippen LogP contribution in [0.2, 0.25) is 0 Å². The minimum atomic E-state index is -0.261. The molecule has 2 nitrogen and oxygen atoms in total. The van der Waals surface area contributed by atoms with Crippen molar-refractivity contribution >= 4 is 10.8 Å². The highest BCUT2D eigenvalue weighted by atomic mass is 16.3. The van der Waals surface area contributed by atoms with Crippen LogP contribution in [0.25, 0.3) is 10.8 Å². The Morgan fingerprint density at radius 1 is 0.875 bits per heavy atom. The topological polar surface area (TPSA) is 23.5 Å². The highest BCUT2D eigenvalue weighted by Gasteiger charge is 2.29. The molecule has 1 heterocycles. The minimum absolute atomic E-state index is 0.175. The predicted octanol–water partition coefficient (Wildman–Crippen LogP) is 4.19. The maximum Gasteiger partial charge on any atom is 0.0633 e. The Labute approximate surface area is 143 Å². The van der Waals surface area contributed by atoms with Crippen molar-refractivity contribution in [2.75, 3.05) is 13.1 Å². The number of hydrogen-bond acceptors (Lipinski definition) is 2. The van der Waals surface area contributed by atoms with Crippen LogP contribution in [0.4, 0.5) is 0 Å². The average Bonchev–Trinajstić information content (AvgIpc) is 2.64. The van der Waals surface area contributed by atoms with E-state index in [0.29, 0.717) is 0 Å². The number of aliphatic hydroxyl groups is 1. The van der Waals surface area contributed by atoms with Crippen molar-refractivity contribution in [2.24, 2.45) is 0 Å². The normalized spacial score (nSPS) is 21.9. The molecule has 3 aromatic carbocycles. The van der Waals surface area contributed by atoms with Crippen molar-refractivity contribution in [1.29, 1.82) is 0 Å². The highest BCUT2D eigenvalue weighted by Crippen LogP contribution is 2.33. The van der Waals surface area contributed by atoms with Gasteiger partial charge in [0.25, 0.3) is 0 Å². The van der Waals surface area contributed by atoms with Crippen LogP contribution in [0, 0.1) is 0 Å². The SMILES string of the molecule is OC1CCN(Cc2ccccc2)CC1c1cccc2ccccc12. The Bertz CT molecular complexity index is 809. The van der Waals surface area contributed by atoms with E-state index in [4.69, 9.17) is 0 Å². The van der Waals surface area contributed by atoms with Crippen LogP contribution < -0.4 is 0 Å². The number of aliphatic hydroxyl groups excluding tert-OH is 1. The first-order valence-corrected chi connectivity index (χ1v) is 8.73. The van der Waals surface area contributed by atoms with E-state index in [-0.39, 0.29) is 12.0 Å². The molecule has 1 saturated heterocycles. The second-order valence-electron chi connectivity index (χ2n) is 6.75. The van der Waals surface area contributed by atoms with Gasteiger partial charge in [0.15, 0.2) is 0 Å². The van der Waals surface area contributed by atoms with Crippen molar-refractivity contribution in [3.05, 3.63) is 83.9 Å². The Hall–Kier alpha value is -2.16. The van der Waals surface area contributed by atoms with E-state index in [1.54, 1.807) is 0 Å². The van der Waals surface area contributed by atoms with Gasteiger partial charge in [-0.05, 0) is 28.3 Å². The largest absolute Gasteiger partial charge is 0.392 e. The van der Waals surface area contributed by atoms with E-state index in [2.05, 4.69) is 77.7 Å². The zero-order valence-corrected chi connectivity index (χ0v) is 13.8. The van der Waals surface area contributed by atoms with Gasteiger partial charge < -0.3 is 5.11 Å². The summed E-state index contributed by atoms with van der Waals surface area (Å²) in [6.07, 6.45) is 0.573. The van der Waals surface area contributed by atoms with E-state index >= 15 is 0 Å². The molecule has 0 bridgehead atoms. The molecule has 1 aliphatic heterocycles. The molecule has 0 aliphatic carbocycles. The van der Waals surface area contributed by atoms with Crippen LogP contribution >= 0.6 is 0 Å². The summed E-state index contributed by atoms with van der Waals surface area (Å²) < 4.78 is 0. The van der Waals surface area contributed by atoms with Gasteiger partial charge in [-0.25, -0.2) is 0 Å². The molecule has 2 unspecified atom stereocenters. The molecule has 0 spiro atoms. The van der Waals surface area contributed by atoms with Crippen LogP contribution in [0.1, 0.15) is 23.5 Å². The molecule has 1 aliphatic rings. The third-order valence-corrected chi connectivity index (χ3v) is 5.13. The summed E-state index contributed by atoms with van der Waals surface area (Å²) in [5, 5.41) is 13.2. The predicted molar refractivity (Wildman–Crippen MR) is 99.0 cm³/mol. The summed E-state index contributed by atoms with van der Waals surface area (Å²) in [5.74, 6) is 0.175. The molecular formula is C22H23NO. The Kier molecular flexibility index (Phi) is 4.33. The van der Waals surface area contributed by atoms with Crippen LogP contribution in [-0.4, -0.2) is 29.2 Å². The summed E-state index contributed by atoms with van der Waals surface area (Å²) in [5.41, 5.74) is 2.61. The number of likely N-dealkylation sites (tertiary alicyclic amines) is 1. The number of piperidine rings is 1. The van der Waals surface area contributed by atoms with Crippen molar-refractivity contribution in [1.82, 2.24) is 4.90 Å². The lowest BCUT2D eigenvalue weighted by Crippen LogP contribution is -2.41. The Morgan fingerprint density at radius 2 is 1.62 bits per heavy atom. The summed E-state index contributed by atoms with van der Waals surface area (Å²) in [7, 11) is 0. The number of hydrogen-bond donors (Lipinski definition) is 1. The van der Waals surface area contributed by atoms with E-state index < -0.39 is 0 Å². The summed E-state index contributed by atoms with van der Waals surface area (Å²) in [6.45, 7) is 2.82. The molecule has 1 fully saturated rings. The van der Waals surface area contributed by atoms with E-state index in [0.717, 1.165) is 26.1 Å². The van der Waals surface area contributed by atoms with Gasteiger partial charge >= 0.3 is 0 Å². The Morgan fingerprint density at radius 3 is 2.50 bits per heavy atom. The Balaban J connectivity index is 1.61. The molecule has 4 rings (SSSR count). The average molecular weight is 317 g/mol. The molecule has 0 amide bonds. The lowest BCUT2D eigenvalue weighted by Gasteiger charge is -2.37. The molecule has 0 aromatic heterocycles. The molecule has 3 aromatic rings. The van der Waals surface area contributed by atoms with Gasteiger partial charge in [0.05, 0.1) is 6.10 Å². The molecular weight excluding hydrogens is 294 g/mol. The number of benzene rings is 3. The fraction of sp³-hybridized carbons (Fsp3) is 0.273. The molecule has 24 heavy (non-hydrogen) atoms. The molecule has 2 atom stereocenters. The van der Waals surface area contributed by atoms with Crippen molar-refractivity contribution in [3.63, 3.8) is 0 Å². The van der Waals surface area contributed by atoms with E-state index in [1.807, 2.05) is 0 Å². The number of rotatable bonds is 3. The van der Waals surface area contributed by atoms with Crippen molar-refractivity contribution < 1.29 is 5.11 Å². The van der Waals surface area contributed by atoms with Gasteiger partial charge in [0, 0.05) is 25.6 Å². The molecule has 0 saturated carbocycles. The molecule has 0 radical (unpaired) electrons. The van der Waals surface area contributed by atoms with Crippen molar-refractivity contribution in [2.45, 2.75) is 25.0 Å². The summed E-state index contributed by atoms with van der Waals surface area (Å²) in [6, 6.07) is 25.5. The van der Waals surface area contributed by atoms with Gasteiger partial charge in [-0.3, -0.25) is 4.90 Å². The lowest BCUT2D eigenvalue weighted by atomic mass is 9.85. The fourth-order valence-electron chi connectivity index (χ4n) is 3.87. The maximum atomic E-state index is 10.6. The standard InChI is InChI=1S/C22H23NO/c24-22-13-14-23(15-17-7-2-1-3-8-17)16-21(22)20-12-6-10-18-9-4-5-11-19(18)20/h1-12,21-22,24H,13-16H2. The lowest BCUT2D eigenvalue weighted by molar-refractivity contribution is 0.0573. The van der Waals surface area contributed by atoms with E-state index in [1.165, 1.54) is 21.9 Å². The molecule has 1 N–H and O–H groups in total. The van der Waals surface area contributed by atoms with Gasteiger partial charge in [0.2, 0.25) is 0 Å². The first-order chi connectivity index (χ1) is 11.8. The van der Waals surface area contributed by atoms with Gasteiger partial charge in [-0.1, -0.05) is 72.8 Å². The first kappa shape index (κ1) is 15.4. The van der Waals surface area contributed by atoms with Gasteiger partial charge in [-0.2, -0.15) is 0 Å². The zero-order valence-electron chi connectivity index (χ0n) is 13.8. The number of fused-ring (bicyclic) bond motifs is 1. The van der Waals surface area contributed by atoms with Crippen LogP contribution in [0.15, 0.2) is 72.8 Å².